The Kier molecular flexibility index (Phi) is 2.95. The third-order valence-corrected chi connectivity index (χ3v) is 2.73. The van der Waals surface area contributed by atoms with Crippen molar-refractivity contribution in [3.8, 4) is 0 Å². The first-order chi connectivity index (χ1) is 7.58. The van der Waals surface area contributed by atoms with E-state index in [-0.39, 0.29) is 0 Å². The number of benzene rings is 2. The summed E-state index contributed by atoms with van der Waals surface area (Å²) >= 11 is 10.7. The minimum Gasteiger partial charge on any atom is -0.276 e. The SMILES string of the molecule is O=C(Cl)c1ccc2ccc(C(=O)Cl)cc2c1. The molecular weight excluding hydrogens is 247 g/mol. The molecule has 0 bridgehead atoms. The van der Waals surface area contributed by atoms with Gasteiger partial charge in [0.1, 0.15) is 0 Å². The summed E-state index contributed by atoms with van der Waals surface area (Å²) in [7, 11) is 0. The van der Waals surface area contributed by atoms with Gasteiger partial charge in [-0.25, -0.2) is 0 Å². The van der Waals surface area contributed by atoms with Crippen molar-refractivity contribution in [2.24, 2.45) is 0 Å². The number of hydrogen-bond acceptors (Lipinski definition) is 2. The molecule has 0 radical (unpaired) electrons. The second-order valence-electron chi connectivity index (χ2n) is 3.32. The van der Waals surface area contributed by atoms with Gasteiger partial charge in [0.15, 0.2) is 0 Å². The Morgan fingerprint density at radius 3 is 1.56 bits per heavy atom. The monoisotopic (exact) mass is 252 g/mol. The molecule has 0 N–H and O–H groups in total. The average Bonchev–Trinajstić information content (AvgIpc) is 2.27. The molecule has 16 heavy (non-hydrogen) atoms. The first-order valence-corrected chi connectivity index (χ1v) is 5.27. The van der Waals surface area contributed by atoms with Crippen LogP contribution in [0.4, 0.5) is 0 Å². The number of rotatable bonds is 2. The molecule has 0 spiro atoms. The first-order valence-electron chi connectivity index (χ1n) is 4.51. The van der Waals surface area contributed by atoms with Crippen molar-refractivity contribution in [2.75, 3.05) is 0 Å². The van der Waals surface area contributed by atoms with Gasteiger partial charge >= 0.3 is 0 Å². The Morgan fingerprint density at radius 1 is 0.750 bits per heavy atom. The van der Waals surface area contributed by atoms with Gasteiger partial charge in [-0.3, -0.25) is 9.59 Å². The van der Waals surface area contributed by atoms with Gasteiger partial charge in [-0.15, -0.1) is 0 Å². The molecule has 0 saturated carbocycles. The van der Waals surface area contributed by atoms with Crippen molar-refractivity contribution in [2.45, 2.75) is 0 Å². The molecule has 2 nitrogen and oxygen atoms in total. The maximum Gasteiger partial charge on any atom is 0.252 e. The Balaban J connectivity index is 2.65. The summed E-state index contributed by atoms with van der Waals surface area (Å²) in [6.45, 7) is 0. The van der Waals surface area contributed by atoms with Crippen LogP contribution in [0.15, 0.2) is 36.4 Å². The lowest BCUT2D eigenvalue weighted by molar-refractivity contribution is 0.107. The molecule has 0 fully saturated rings. The Labute approximate surface area is 102 Å². The van der Waals surface area contributed by atoms with Crippen LogP contribution in [0.25, 0.3) is 10.8 Å². The standard InChI is InChI=1S/C12H6Cl2O2/c13-11(15)8-3-1-7-2-4-9(12(14)16)6-10(7)5-8/h1-6H. The van der Waals surface area contributed by atoms with Crippen LogP contribution < -0.4 is 0 Å². The lowest BCUT2D eigenvalue weighted by atomic mass is 10.1. The van der Waals surface area contributed by atoms with Crippen molar-refractivity contribution in [3.05, 3.63) is 47.5 Å². The van der Waals surface area contributed by atoms with Gasteiger partial charge in [-0.05, 0) is 58.2 Å². The largest absolute Gasteiger partial charge is 0.276 e. The molecule has 0 aliphatic heterocycles. The van der Waals surface area contributed by atoms with Crippen LogP contribution in [0, 0.1) is 0 Å². The van der Waals surface area contributed by atoms with Gasteiger partial charge in [0.2, 0.25) is 0 Å². The molecule has 2 aromatic carbocycles. The summed E-state index contributed by atoms with van der Waals surface area (Å²) < 4.78 is 0. The molecule has 0 heterocycles. The Morgan fingerprint density at radius 2 is 1.19 bits per heavy atom. The van der Waals surface area contributed by atoms with Crippen LogP contribution in [0.1, 0.15) is 20.7 Å². The first kappa shape index (κ1) is 11.1. The highest BCUT2D eigenvalue weighted by Gasteiger charge is 2.05. The van der Waals surface area contributed by atoms with E-state index in [1.54, 1.807) is 36.4 Å². The number of hydrogen-bond donors (Lipinski definition) is 0. The van der Waals surface area contributed by atoms with E-state index in [4.69, 9.17) is 23.2 Å². The zero-order valence-corrected chi connectivity index (χ0v) is 9.55. The van der Waals surface area contributed by atoms with Gasteiger partial charge in [-0.1, -0.05) is 12.1 Å². The molecule has 80 valence electrons. The third kappa shape index (κ3) is 2.08. The molecule has 0 aliphatic carbocycles. The van der Waals surface area contributed by atoms with Gasteiger partial charge < -0.3 is 0 Å². The Bertz CT molecular complexity index is 542. The minimum absolute atomic E-state index is 0.397. The minimum atomic E-state index is -0.524. The van der Waals surface area contributed by atoms with E-state index in [1.165, 1.54) is 0 Å². The predicted molar refractivity (Wildman–Crippen MR) is 64.3 cm³/mol. The number of fused-ring (bicyclic) bond motifs is 1. The summed E-state index contributed by atoms with van der Waals surface area (Å²) in [5.74, 6) is 0. The van der Waals surface area contributed by atoms with Crippen LogP contribution in [-0.2, 0) is 0 Å². The zero-order chi connectivity index (χ0) is 11.7. The maximum atomic E-state index is 11.0. The van der Waals surface area contributed by atoms with Crippen molar-refractivity contribution < 1.29 is 9.59 Å². The fourth-order valence-corrected chi connectivity index (χ4v) is 1.73. The van der Waals surface area contributed by atoms with Gasteiger partial charge in [0, 0.05) is 11.1 Å². The summed E-state index contributed by atoms with van der Waals surface area (Å²) in [5, 5.41) is 0.635. The van der Waals surface area contributed by atoms with Crippen LogP contribution >= 0.6 is 23.2 Å². The van der Waals surface area contributed by atoms with Crippen LogP contribution in [0.5, 0.6) is 0 Å². The van der Waals surface area contributed by atoms with E-state index in [0.29, 0.717) is 11.1 Å². The molecule has 0 aliphatic rings. The summed E-state index contributed by atoms with van der Waals surface area (Å²) in [5.41, 5.74) is 0.793. The van der Waals surface area contributed by atoms with Crippen LogP contribution in [-0.4, -0.2) is 10.5 Å². The van der Waals surface area contributed by atoms with Gasteiger partial charge in [-0.2, -0.15) is 0 Å². The normalized spacial score (nSPS) is 10.4. The van der Waals surface area contributed by atoms with E-state index in [1.807, 2.05) is 0 Å². The van der Waals surface area contributed by atoms with Crippen LogP contribution in [0.2, 0.25) is 0 Å². The van der Waals surface area contributed by atoms with Crippen molar-refractivity contribution in [1.82, 2.24) is 0 Å². The van der Waals surface area contributed by atoms with E-state index >= 15 is 0 Å². The molecule has 0 unspecified atom stereocenters. The zero-order valence-electron chi connectivity index (χ0n) is 8.04. The number of carbonyl (C=O) groups excluding carboxylic acids is 2. The molecule has 4 heteroatoms. The summed E-state index contributed by atoms with van der Waals surface area (Å²) in [4.78, 5) is 22.0. The van der Waals surface area contributed by atoms with E-state index in [9.17, 15) is 9.59 Å². The van der Waals surface area contributed by atoms with E-state index < -0.39 is 10.5 Å². The summed E-state index contributed by atoms with van der Waals surface area (Å²) in [6.07, 6.45) is 0. The highest BCUT2D eigenvalue weighted by Crippen LogP contribution is 2.19. The highest BCUT2D eigenvalue weighted by molar-refractivity contribution is 6.68. The van der Waals surface area contributed by atoms with Gasteiger partial charge in [0.25, 0.3) is 10.5 Å². The lowest BCUT2D eigenvalue weighted by Crippen LogP contribution is -1.91. The molecule has 0 amide bonds. The number of halogens is 2. The highest BCUT2D eigenvalue weighted by atomic mass is 35.5. The summed E-state index contributed by atoms with van der Waals surface area (Å²) in [6, 6.07) is 10.1. The molecule has 0 atom stereocenters. The van der Waals surface area contributed by atoms with Gasteiger partial charge in [0.05, 0.1) is 0 Å². The lowest BCUT2D eigenvalue weighted by Gasteiger charge is -2.01. The average molecular weight is 253 g/mol. The van der Waals surface area contributed by atoms with E-state index in [2.05, 4.69) is 0 Å². The quantitative estimate of drug-likeness (QED) is 0.766. The fraction of sp³-hybridized carbons (Fsp3) is 0. The second-order valence-corrected chi connectivity index (χ2v) is 4.01. The van der Waals surface area contributed by atoms with Crippen LogP contribution in [0.3, 0.4) is 0 Å². The molecule has 2 aromatic rings. The van der Waals surface area contributed by atoms with E-state index in [0.717, 1.165) is 10.8 Å². The molecular formula is C12H6Cl2O2. The topological polar surface area (TPSA) is 34.1 Å². The molecule has 0 aromatic heterocycles. The van der Waals surface area contributed by atoms with Crippen molar-refractivity contribution in [3.63, 3.8) is 0 Å². The Hall–Kier alpha value is -1.38. The fourth-order valence-electron chi connectivity index (χ4n) is 1.49. The molecule has 2 rings (SSSR count). The third-order valence-electron chi connectivity index (χ3n) is 2.29. The molecule has 0 saturated heterocycles. The van der Waals surface area contributed by atoms with Crippen molar-refractivity contribution >= 4 is 44.5 Å². The van der Waals surface area contributed by atoms with Crippen molar-refractivity contribution in [1.29, 1.82) is 0 Å². The number of carbonyl (C=O) groups is 2. The maximum absolute atomic E-state index is 11.0. The predicted octanol–water partition coefficient (Wildman–Crippen LogP) is 3.60. The second kappa shape index (κ2) is 4.24. The smallest absolute Gasteiger partial charge is 0.252 e.